The number of rotatable bonds is 6. The highest BCUT2D eigenvalue weighted by Gasteiger charge is 2.19. The molecule has 82 valence electrons. The first kappa shape index (κ1) is 13.3. The van der Waals surface area contributed by atoms with Gasteiger partial charge in [0.2, 0.25) is 0 Å². The van der Waals surface area contributed by atoms with E-state index in [-0.39, 0.29) is 11.7 Å². The molecule has 0 fully saturated rings. The van der Waals surface area contributed by atoms with E-state index < -0.39 is 12.2 Å². The smallest absolute Gasteiger partial charge is 0.155 e. The molecular formula is C11H20O3. The van der Waals surface area contributed by atoms with E-state index in [1.165, 1.54) is 13.2 Å². The molecule has 0 aromatic carbocycles. The topological polar surface area (TPSA) is 46.5 Å². The van der Waals surface area contributed by atoms with Crippen molar-refractivity contribution in [2.75, 3.05) is 7.11 Å². The van der Waals surface area contributed by atoms with Crippen molar-refractivity contribution in [1.82, 2.24) is 0 Å². The Labute approximate surface area is 85.8 Å². The molecule has 3 nitrogen and oxygen atoms in total. The van der Waals surface area contributed by atoms with Crippen LogP contribution in [0.3, 0.4) is 0 Å². The lowest BCUT2D eigenvalue weighted by molar-refractivity contribution is -0.114. The minimum Gasteiger partial charge on any atom is -0.390 e. The lowest BCUT2D eigenvalue weighted by Gasteiger charge is -2.21. The molecule has 0 spiro atoms. The van der Waals surface area contributed by atoms with Gasteiger partial charge in [-0.2, -0.15) is 0 Å². The summed E-state index contributed by atoms with van der Waals surface area (Å²) in [5.74, 6) is 0.157. The standard InChI is InChI=1S/C11H20O3/c1-5-9(12)6-7-10(14-4)11(13)8(2)3/h6-8,10-11,13H,5H2,1-4H3/b7-6+/t10-,11+/m0/s1. The van der Waals surface area contributed by atoms with Gasteiger partial charge in [-0.25, -0.2) is 0 Å². The Balaban J connectivity index is 4.28. The van der Waals surface area contributed by atoms with Crippen LogP contribution in [0.25, 0.3) is 0 Å². The van der Waals surface area contributed by atoms with Crippen molar-refractivity contribution in [3.63, 3.8) is 0 Å². The second kappa shape index (κ2) is 6.74. The van der Waals surface area contributed by atoms with E-state index in [0.717, 1.165) is 0 Å². The molecule has 0 amide bonds. The Morgan fingerprint density at radius 1 is 1.50 bits per heavy atom. The first-order valence-corrected chi connectivity index (χ1v) is 4.94. The lowest BCUT2D eigenvalue weighted by Crippen LogP contribution is -2.30. The van der Waals surface area contributed by atoms with Crippen LogP contribution in [0.4, 0.5) is 0 Å². The van der Waals surface area contributed by atoms with E-state index in [4.69, 9.17) is 4.74 Å². The highest BCUT2D eigenvalue weighted by atomic mass is 16.5. The molecule has 3 heteroatoms. The van der Waals surface area contributed by atoms with Gasteiger partial charge in [-0.05, 0) is 18.1 Å². The number of hydrogen-bond donors (Lipinski definition) is 1. The van der Waals surface area contributed by atoms with Gasteiger partial charge in [0.15, 0.2) is 5.78 Å². The number of aliphatic hydroxyl groups is 1. The Bertz CT molecular complexity index is 197. The zero-order chi connectivity index (χ0) is 11.1. The van der Waals surface area contributed by atoms with Gasteiger partial charge < -0.3 is 9.84 Å². The Morgan fingerprint density at radius 3 is 2.43 bits per heavy atom. The SMILES string of the molecule is CCC(=O)/C=C/[C@H](OC)[C@H](O)C(C)C. The van der Waals surface area contributed by atoms with Crippen LogP contribution in [0.1, 0.15) is 27.2 Å². The van der Waals surface area contributed by atoms with Gasteiger partial charge in [0.25, 0.3) is 0 Å². The first-order chi connectivity index (χ1) is 6.52. The van der Waals surface area contributed by atoms with E-state index in [9.17, 15) is 9.90 Å². The average molecular weight is 200 g/mol. The fourth-order valence-electron chi connectivity index (χ4n) is 1.03. The number of aliphatic hydroxyl groups excluding tert-OH is 1. The maximum absolute atomic E-state index is 11.0. The van der Waals surface area contributed by atoms with Gasteiger partial charge in [-0.3, -0.25) is 4.79 Å². The molecule has 0 aliphatic heterocycles. The van der Waals surface area contributed by atoms with Crippen molar-refractivity contribution in [3.05, 3.63) is 12.2 Å². The van der Waals surface area contributed by atoms with E-state index >= 15 is 0 Å². The molecular weight excluding hydrogens is 180 g/mol. The maximum atomic E-state index is 11.0. The van der Waals surface area contributed by atoms with Crippen LogP contribution in [0.5, 0.6) is 0 Å². The third-order valence-corrected chi connectivity index (χ3v) is 2.11. The average Bonchev–Trinajstić information content (AvgIpc) is 2.17. The van der Waals surface area contributed by atoms with E-state index in [1.807, 2.05) is 13.8 Å². The predicted octanol–water partition coefficient (Wildman–Crippen LogP) is 1.55. The summed E-state index contributed by atoms with van der Waals surface area (Å²) in [6.07, 6.45) is 2.60. The summed E-state index contributed by atoms with van der Waals surface area (Å²) in [4.78, 5) is 11.0. The number of ether oxygens (including phenoxy) is 1. The van der Waals surface area contributed by atoms with Crippen LogP contribution in [0, 0.1) is 5.92 Å². The molecule has 0 aliphatic carbocycles. The van der Waals surface area contributed by atoms with Gasteiger partial charge >= 0.3 is 0 Å². The molecule has 0 heterocycles. The van der Waals surface area contributed by atoms with Gasteiger partial charge in [0, 0.05) is 13.5 Å². The molecule has 0 aliphatic rings. The molecule has 0 bridgehead atoms. The Hall–Kier alpha value is -0.670. The van der Waals surface area contributed by atoms with Crippen LogP contribution in [-0.4, -0.2) is 30.2 Å². The quantitative estimate of drug-likeness (QED) is 0.662. The van der Waals surface area contributed by atoms with Crippen molar-refractivity contribution in [1.29, 1.82) is 0 Å². The molecule has 0 saturated heterocycles. The number of carbonyl (C=O) groups is 1. The van der Waals surface area contributed by atoms with Gasteiger partial charge in [0.05, 0.1) is 6.10 Å². The number of hydrogen-bond acceptors (Lipinski definition) is 3. The summed E-state index contributed by atoms with van der Waals surface area (Å²) < 4.78 is 5.08. The summed E-state index contributed by atoms with van der Waals surface area (Å²) in [6.45, 7) is 5.62. The van der Waals surface area contributed by atoms with Crippen LogP contribution >= 0.6 is 0 Å². The predicted molar refractivity (Wildman–Crippen MR) is 56.1 cm³/mol. The second-order valence-electron chi connectivity index (χ2n) is 3.61. The van der Waals surface area contributed by atoms with Crippen LogP contribution in [0.2, 0.25) is 0 Å². The Morgan fingerprint density at radius 2 is 2.07 bits per heavy atom. The minimum absolute atomic E-state index is 0.0445. The lowest BCUT2D eigenvalue weighted by atomic mass is 10.0. The van der Waals surface area contributed by atoms with Crippen LogP contribution in [0.15, 0.2) is 12.2 Å². The summed E-state index contributed by atoms with van der Waals surface area (Å²) in [5.41, 5.74) is 0. The molecule has 14 heavy (non-hydrogen) atoms. The monoisotopic (exact) mass is 200 g/mol. The highest BCUT2D eigenvalue weighted by molar-refractivity contribution is 5.89. The number of ketones is 1. The fourth-order valence-corrected chi connectivity index (χ4v) is 1.03. The summed E-state index contributed by atoms with van der Waals surface area (Å²) in [6, 6.07) is 0. The summed E-state index contributed by atoms with van der Waals surface area (Å²) in [5, 5.41) is 9.68. The molecule has 0 rings (SSSR count). The van der Waals surface area contributed by atoms with Gasteiger partial charge in [-0.15, -0.1) is 0 Å². The van der Waals surface area contributed by atoms with Gasteiger partial charge in [-0.1, -0.05) is 20.8 Å². The zero-order valence-electron chi connectivity index (χ0n) is 9.36. The van der Waals surface area contributed by atoms with Crippen molar-refractivity contribution >= 4 is 5.78 Å². The normalized spacial score (nSPS) is 16.1. The molecule has 2 atom stereocenters. The largest absolute Gasteiger partial charge is 0.390 e. The number of methoxy groups -OCH3 is 1. The third-order valence-electron chi connectivity index (χ3n) is 2.11. The van der Waals surface area contributed by atoms with Gasteiger partial charge in [0.1, 0.15) is 6.10 Å². The van der Waals surface area contributed by atoms with E-state index in [2.05, 4.69) is 0 Å². The molecule has 0 aromatic heterocycles. The summed E-state index contributed by atoms with van der Waals surface area (Å²) >= 11 is 0. The third kappa shape index (κ3) is 4.53. The fraction of sp³-hybridized carbons (Fsp3) is 0.727. The first-order valence-electron chi connectivity index (χ1n) is 4.94. The summed E-state index contributed by atoms with van der Waals surface area (Å²) in [7, 11) is 1.52. The van der Waals surface area contributed by atoms with Crippen molar-refractivity contribution in [2.24, 2.45) is 5.92 Å². The zero-order valence-corrected chi connectivity index (χ0v) is 9.36. The molecule has 1 N–H and O–H groups in total. The minimum atomic E-state index is -0.569. The molecule has 0 unspecified atom stereocenters. The highest BCUT2D eigenvalue weighted by Crippen LogP contribution is 2.10. The van der Waals surface area contributed by atoms with Crippen LogP contribution in [-0.2, 0) is 9.53 Å². The van der Waals surface area contributed by atoms with Crippen LogP contribution < -0.4 is 0 Å². The number of carbonyl (C=O) groups excluding carboxylic acids is 1. The second-order valence-corrected chi connectivity index (χ2v) is 3.61. The number of allylic oxidation sites excluding steroid dienone is 1. The van der Waals surface area contributed by atoms with Crippen molar-refractivity contribution in [3.8, 4) is 0 Å². The maximum Gasteiger partial charge on any atom is 0.155 e. The van der Waals surface area contributed by atoms with E-state index in [1.54, 1.807) is 13.0 Å². The van der Waals surface area contributed by atoms with E-state index in [0.29, 0.717) is 6.42 Å². The Kier molecular flexibility index (Phi) is 6.41. The molecule has 0 radical (unpaired) electrons. The van der Waals surface area contributed by atoms with Crippen molar-refractivity contribution in [2.45, 2.75) is 39.4 Å². The van der Waals surface area contributed by atoms with Crippen molar-refractivity contribution < 1.29 is 14.6 Å². The molecule has 0 saturated carbocycles. The molecule has 0 aromatic rings.